The maximum absolute atomic E-state index is 14.1. The molecule has 0 aromatic rings. The van der Waals surface area contributed by atoms with Crippen LogP contribution in [0.4, 0.5) is 0 Å². The van der Waals surface area contributed by atoms with Crippen LogP contribution in [-0.2, 0) is 9.59 Å². The highest BCUT2D eigenvalue weighted by Crippen LogP contribution is 2.17. The Hall–Kier alpha value is -1.18. The molecule has 2 amide bonds. The lowest BCUT2D eigenvalue weighted by molar-refractivity contribution is -0.140. The Morgan fingerprint density at radius 3 is 0.634 bits per heavy atom. The Balaban J connectivity index is 2.83. The number of rotatable bonds is 56. The molecule has 0 unspecified atom stereocenters. The first-order valence-corrected chi connectivity index (χ1v) is 32.7. The van der Waals surface area contributed by atoms with E-state index in [-0.39, 0.29) is 11.8 Å². The number of carbonyl (C=O) groups excluding carboxylic acids is 2. The molecule has 0 N–H and O–H groups in total. The third-order valence-electron chi connectivity index (χ3n) is 16.1. The van der Waals surface area contributed by atoms with Gasteiger partial charge in [-0.25, -0.2) is 0 Å². The zero-order chi connectivity index (χ0) is 51.3. The topological polar surface area (TPSA) is 50.3 Å². The average molecular weight is 1000 g/mol. The molecule has 1 heterocycles. The van der Waals surface area contributed by atoms with E-state index in [4.69, 9.17) is 0 Å². The van der Waals surface area contributed by atoms with Gasteiger partial charge in [0.15, 0.2) is 0 Å². The summed E-state index contributed by atoms with van der Waals surface area (Å²) in [6, 6.07) is 0. The second-order valence-electron chi connectivity index (χ2n) is 22.9. The van der Waals surface area contributed by atoms with Gasteiger partial charge >= 0.3 is 0 Å². The Morgan fingerprint density at radius 1 is 0.239 bits per heavy atom. The van der Waals surface area contributed by atoms with Gasteiger partial charge in [0.05, 0.1) is 13.1 Å². The molecule has 71 heavy (non-hydrogen) atoms. The number of hydrogen-bond acceptors (Lipinski definition) is 5. The fourth-order valence-electron chi connectivity index (χ4n) is 11.0. The number of piperazine rings is 1. The van der Waals surface area contributed by atoms with Crippen molar-refractivity contribution in [3.63, 3.8) is 0 Å². The molecule has 1 saturated heterocycles. The maximum Gasteiger partial charge on any atom is 0.236 e. The molecule has 7 nitrogen and oxygen atoms in total. The van der Waals surface area contributed by atoms with Crippen LogP contribution in [0.5, 0.6) is 0 Å². The number of nitrogens with zero attached hydrogens (tertiary/aromatic N) is 5. The highest BCUT2D eigenvalue weighted by molar-refractivity contribution is 5.80. The van der Waals surface area contributed by atoms with Gasteiger partial charge in [-0.2, -0.15) is 0 Å². The van der Waals surface area contributed by atoms with Gasteiger partial charge in [0.2, 0.25) is 11.8 Å². The highest BCUT2D eigenvalue weighted by atomic mass is 16.2. The summed E-state index contributed by atoms with van der Waals surface area (Å²) in [6.07, 6.45) is 59.5. The third-order valence-corrected chi connectivity index (χ3v) is 16.1. The van der Waals surface area contributed by atoms with Crippen LogP contribution in [0.1, 0.15) is 317 Å². The largest absolute Gasteiger partial charge is 0.338 e. The molecule has 7 heteroatoms. The van der Waals surface area contributed by atoms with Crippen LogP contribution in [-0.4, -0.2) is 121 Å². The predicted molar refractivity (Wildman–Crippen MR) is 314 cm³/mol. The van der Waals surface area contributed by atoms with Crippen molar-refractivity contribution >= 4 is 11.8 Å². The molecule has 1 aliphatic rings. The summed E-state index contributed by atoms with van der Waals surface area (Å²) in [6.45, 7) is 22.9. The fourth-order valence-corrected chi connectivity index (χ4v) is 11.0. The molecule has 0 aliphatic carbocycles. The van der Waals surface area contributed by atoms with Crippen molar-refractivity contribution in [2.24, 2.45) is 0 Å². The molecule has 422 valence electrons. The monoisotopic (exact) mass is 1000 g/mol. The van der Waals surface area contributed by atoms with Gasteiger partial charge in [0.25, 0.3) is 0 Å². The minimum atomic E-state index is 0.274. The fraction of sp³-hybridized carbons (Fsp3) is 0.969. The third kappa shape index (κ3) is 43.7. The number of carbonyl (C=O) groups is 2. The normalized spacial score (nSPS) is 13.2. The predicted octanol–water partition coefficient (Wildman–Crippen LogP) is 17.8. The maximum atomic E-state index is 14.1. The molecule has 0 radical (unpaired) electrons. The summed E-state index contributed by atoms with van der Waals surface area (Å²) in [7, 11) is 0. The molecule has 0 aromatic heterocycles. The number of unbranched alkanes of at least 4 members (excludes halogenated alkanes) is 39. The molecular formula is C64H129N5O2. The van der Waals surface area contributed by atoms with Crippen LogP contribution < -0.4 is 0 Å². The van der Waals surface area contributed by atoms with Crippen molar-refractivity contribution < 1.29 is 9.59 Å². The molecule has 1 rings (SSSR count). The SMILES string of the molecule is CCCCCCCCCCCCN(CCCCCCCCCCCC)CCN(CCCCCCCCCCCC)CC(=O)N1CCN(C(=O)CN(CCCCCCCCC)CCCCCCCCC)CC1. The van der Waals surface area contributed by atoms with Gasteiger partial charge in [-0.05, 0) is 64.8 Å². The zero-order valence-electron chi connectivity index (χ0n) is 49.4. The van der Waals surface area contributed by atoms with E-state index in [1.165, 1.54) is 296 Å². The van der Waals surface area contributed by atoms with Crippen molar-refractivity contribution in [1.82, 2.24) is 24.5 Å². The summed E-state index contributed by atoms with van der Waals surface area (Å²) >= 11 is 0. The van der Waals surface area contributed by atoms with E-state index in [0.717, 1.165) is 32.7 Å². The van der Waals surface area contributed by atoms with Gasteiger partial charge in [-0.1, -0.05) is 285 Å². The highest BCUT2D eigenvalue weighted by Gasteiger charge is 2.26. The second kappa shape index (κ2) is 53.6. The van der Waals surface area contributed by atoms with E-state index >= 15 is 0 Å². The Kier molecular flexibility index (Phi) is 51.2. The first-order valence-electron chi connectivity index (χ1n) is 32.7. The Morgan fingerprint density at radius 2 is 0.408 bits per heavy atom. The Labute approximate surface area is 446 Å². The van der Waals surface area contributed by atoms with E-state index in [1.807, 2.05) is 0 Å². The lowest BCUT2D eigenvalue weighted by Crippen LogP contribution is -2.54. The first-order chi connectivity index (χ1) is 35.0. The molecular weight excluding hydrogens is 871 g/mol. The number of amides is 2. The lowest BCUT2D eigenvalue weighted by atomic mass is 10.1. The van der Waals surface area contributed by atoms with Crippen LogP contribution in [0.15, 0.2) is 0 Å². The van der Waals surface area contributed by atoms with Gasteiger partial charge in [-0.3, -0.25) is 19.4 Å². The van der Waals surface area contributed by atoms with Crippen molar-refractivity contribution in [1.29, 1.82) is 0 Å². The molecule has 0 saturated carbocycles. The molecule has 0 bridgehead atoms. The second-order valence-corrected chi connectivity index (χ2v) is 22.9. The average Bonchev–Trinajstić information content (AvgIpc) is 3.38. The lowest BCUT2D eigenvalue weighted by Gasteiger charge is -2.37. The minimum Gasteiger partial charge on any atom is -0.338 e. The van der Waals surface area contributed by atoms with Crippen LogP contribution in [0.3, 0.4) is 0 Å². The standard InChI is InChI=1S/C64H129N5O2/c1-6-11-16-21-26-29-32-37-40-45-50-65(51-46-41-38-33-30-27-22-17-12-7-2)55-56-67(54-49-44-39-34-31-28-23-18-13-8-3)62-64(71)69-59-57-68(58-60-69)63(70)61-66(52-47-42-35-24-19-14-9-4)53-48-43-36-25-20-15-10-5/h6-62H2,1-5H3. The molecule has 0 spiro atoms. The van der Waals surface area contributed by atoms with Gasteiger partial charge < -0.3 is 14.7 Å². The minimum absolute atomic E-state index is 0.274. The van der Waals surface area contributed by atoms with Crippen molar-refractivity contribution in [2.75, 3.05) is 85.1 Å². The van der Waals surface area contributed by atoms with Crippen LogP contribution in [0.2, 0.25) is 0 Å². The quantitative estimate of drug-likeness (QED) is 0.0568. The molecule has 1 aliphatic heterocycles. The summed E-state index contributed by atoms with van der Waals surface area (Å²) in [5.41, 5.74) is 0. The van der Waals surface area contributed by atoms with E-state index in [1.54, 1.807) is 0 Å². The van der Waals surface area contributed by atoms with Crippen LogP contribution in [0.25, 0.3) is 0 Å². The zero-order valence-corrected chi connectivity index (χ0v) is 49.4. The number of hydrogen-bond donors (Lipinski definition) is 0. The van der Waals surface area contributed by atoms with Crippen molar-refractivity contribution in [2.45, 2.75) is 317 Å². The van der Waals surface area contributed by atoms with E-state index in [2.05, 4.69) is 59.1 Å². The summed E-state index contributed by atoms with van der Waals surface area (Å²) in [4.78, 5) is 39.9. The molecule has 0 atom stereocenters. The van der Waals surface area contributed by atoms with Gasteiger partial charge in [0.1, 0.15) is 0 Å². The summed E-state index contributed by atoms with van der Waals surface area (Å²) in [5, 5.41) is 0. The van der Waals surface area contributed by atoms with E-state index in [9.17, 15) is 9.59 Å². The summed E-state index contributed by atoms with van der Waals surface area (Å²) < 4.78 is 0. The van der Waals surface area contributed by atoms with Crippen molar-refractivity contribution in [3.05, 3.63) is 0 Å². The van der Waals surface area contributed by atoms with Gasteiger partial charge in [0, 0.05) is 39.3 Å². The molecule has 0 aromatic carbocycles. The summed E-state index contributed by atoms with van der Waals surface area (Å²) in [5.74, 6) is 0.551. The van der Waals surface area contributed by atoms with E-state index < -0.39 is 0 Å². The van der Waals surface area contributed by atoms with Crippen LogP contribution >= 0.6 is 0 Å². The molecule has 1 fully saturated rings. The van der Waals surface area contributed by atoms with Crippen LogP contribution in [0, 0.1) is 0 Å². The van der Waals surface area contributed by atoms with E-state index in [0.29, 0.717) is 39.3 Å². The smallest absolute Gasteiger partial charge is 0.236 e. The first kappa shape index (κ1) is 67.8. The van der Waals surface area contributed by atoms with Crippen molar-refractivity contribution in [3.8, 4) is 0 Å². The van der Waals surface area contributed by atoms with Gasteiger partial charge in [-0.15, -0.1) is 0 Å². The Bertz CT molecular complexity index is 1050.